The summed E-state index contributed by atoms with van der Waals surface area (Å²) in [6.07, 6.45) is 0. The van der Waals surface area contributed by atoms with Crippen LogP contribution in [0.25, 0.3) is 0 Å². The molecular weight excluding hydrogens is 370 g/mol. The summed E-state index contributed by atoms with van der Waals surface area (Å²) < 4.78 is 0. The fraction of sp³-hybridized carbons (Fsp3) is 0.182. The lowest BCUT2D eigenvalue weighted by Crippen LogP contribution is -2.30. The summed E-state index contributed by atoms with van der Waals surface area (Å²) in [7, 11) is 1.90. The predicted molar refractivity (Wildman–Crippen MR) is 115 cm³/mol. The van der Waals surface area contributed by atoms with Crippen LogP contribution in [0.2, 0.25) is 0 Å². The highest BCUT2D eigenvalue weighted by atomic mass is 32.1. The quantitative estimate of drug-likeness (QED) is 0.626. The second-order valence-electron chi connectivity index (χ2n) is 6.67. The third-order valence-corrected chi connectivity index (χ3v) is 5.00. The lowest BCUT2D eigenvalue weighted by molar-refractivity contribution is -0.117. The topological polar surface area (TPSA) is 61.4 Å². The van der Waals surface area contributed by atoms with Gasteiger partial charge in [-0.15, -0.1) is 11.3 Å². The second-order valence-corrected chi connectivity index (χ2v) is 7.70. The molecule has 6 heteroatoms. The van der Waals surface area contributed by atoms with Crippen LogP contribution in [0.15, 0.2) is 66.0 Å². The van der Waals surface area contributed by atoms with Gasteiger partial charge in [0.2, 0.25) is 5.91 Å². The van der Waals surface area contributed by atoms with Gasteiger partial charge in [0.25, 0.3) is 5.91 Å². The number of para-hydroxylation sites is 1. The number of amides is 2. The molecule has 0 aliphatic carbocycles. The molecule has 1 aromatic heterocycles. The molecule has 0 saturated carbocycles. The van der Waals surface area contributed by atoms with Crippen molar-refractivity contribution in [3.05, 3.63) is 82.0 Å². The molecule has 0 radical (unpaired) electrons. The second kappa shape index (κ2) is 9.30. The van der Waals surface area contributed by atoms with Crippen LogP contribution >= 0.6 is 11.3 Å². The minimum absolute atomic E-state index is 0.158. The molecule has 1 heterocycles. The van der Waals surface area contributed by atoms with Crippen LogP contribution in [0.5, 0.6) is 0 Å². The van der Waals surface area contributed by atoms with Gasteiger partial charge in [-0.05, 0) is 55.2 Å². The van der Waals surface area contributed by atoms with Gasteiger partial charge in [-0.25, -0.2) is 0 Å². The van der Waals surface area contributed by atoms with Crippen molar-refractivity contribution in [3.63, 3.8) is 0 Å². The highest BCUT2D eigenvalue weighted by Gasteiger charge is 2.14. The fourth-order valence-corrected chi connectivity index (χ4v) is 3.65. The molecule has 0 spiro atoms. The number of nitrogens with zero attached hydrogens (tertiary/aromatic N) is 1. The summed E-state index contributed by atoms with van der Waals surface area (Å²) in [4.78, 5) is 28.3. The van der Waals surface area contributed by atoms with Gasteiger partial charge < -0.3 is 10.6 Å². The third kappa shape index (κ3) is 5.52. The molecular formula is C22H23N3O2S. The Morgan fingerprint density at radius 2 is 1.82 bits per heavy atom. The summed E-state index contributed by atoms with van der Waals surface area (Å²) in [5.74, 6) is -0.414. The van der Waals surface area contributed by atoms with E-state index in [1.54, 1.807) is 35.6 Å². The van der Waals surface area contributed by atoms with Crippen LogP contribution < -0.4 is 10.6 Å². The summed E-state index contributed by atoms with van der Waals surface area (Å²) >= 11 is 1.66. The van der Waals surface area contributed by atoms with E-state index in [4.69, 9.17) is 0 Å². The number of nitrogens with one attached hydrogen (secondary N) is 2. The van der Waals surface area contributed by atoms with E-state index in [9.17, 15) is 9.59 Å². The standard InChI is InChI=1S/C22H23N3O2S/c1-16-7-5-8-17(13-16)23-22(27)19-10-3-4-11-20(19)24-21(26)15-25(2)14-18-9-6-12-28-18/h3-13H,14-15H2,1-2H3,(H,23,27)(H,24,26). The molecule has 28 heavy (non-hydrogen) atoms. The highest BCUT2D eigenvalue weighted by Crippen LogP contribution is 2.18. The van der Waals surface area contributed by atoms with E-state index < -0.39 is 0 Å². The van der Waals surface area contributed by atoms with Gasteiger partial charge in [-0.1, -0.05) is 30.3 Å². The van der Waals surface area contributed by atoms with Crippen molar-refractivity contribution in [1.29, 1.82) is 0 Å². The predicted octanol–water partition coefficient (Wildman–Crippen LogP) is 4.38. The Bertz CT molecular complexity index is 954. The van der Waals surface area contributed by atoms with Crippen molar-refractivity contribution in [1.82, 2.24) is 4.90 Å². The zero-order valence-electron chi connectivity index (χ0n) is 15.9. The minimum Gasteiger partial charge on any atom is -0.324 e. The van der Waals surface area contributed by atoms with Crippen LogP contribution in [-0.2, 0) is 11.3 Å². The SMILES string of the molecule is Cc1cccc(NC(=O)c2ccccc2NC(=O)CN(C)Cc2cccs2)c1. The van der Waals surface area contributed by atoms with E-state index in [-0.39, 0.29) is 18.4 Å². The molecule has 0 bridgehead atoms. The van der Waals surface area contributed by atoms with Gasteiger partial charge in [0, 0.05) is 17.1 Å². The Hall–Kier alpha value is -2.96. The van der Waals surface area contributed by atoms with E-state index in [1.165, 1.54) is 4.88 Å². The number of hydrogen-bond donors (Lipinski definition) is 2. The van der Waals surface area contributed by atoms with E-state index >= 15 is 0 Å². The number of likely N-dealkylation sites (N-methyl/N-ethyl adjacent to an activating group) is 1. The minimum atomic E-state index is -0.256. The van der Waals surface area contributed by atoms with Crippen LogP contribution in [-0.4, -0.2) is 30.3 Å². The van der Waals surface area contributed by atoms with Gasteiger partial charge in [-0.2, -0.15) is 0 Å². The molecule has 0 unspecified atom stereocenters. The summed E-state index contributed by atoms with van der Waals surface area (Å²) in [6, 6.07) is 18.7. The van der Waals surface area contributed by atoms with Crippen LogP contribution in [0.1, 0.15) is 20.8 Å². The number of rotatable bonds is 7. The fourth-order valence-electron chi connectivity index (χ4n) is 2.87. The average molecular weight is 394 g/mol. The molecule has 0 aliphatic rings. The largest absolute Gasteiger partial charge is 0.324 e. The number of carbonyl (C=O) groups excluding carboxylic acids is 2. The maximum Gasteiger partial charge on any atom is 0.257 e. The molecule has 3 rings (SSSR count). The first-order chi connectivity index (χ1) is 13.5. The number of carbonyl (C=O) groups is 2. The van der Waals surface area contributed by atoms with Gasteiger partial charge in [-0.3, -0.25) is 14.5 Å². The summed E-state index contributed by atoms with van der Waals surface area (Å²) in [5.41, 5.74) is 2.72. The van der Waals surface area contributed by atoms with Crippen LogP contribution in [0.3, 0.4) is 0 Å². The molecule has 0 aliphatic heterocycles. The van der Waals surface area contributed by atoms with Gasteiger partial charge in [0.05, 0.1) is 17.8 Å². The van der Waals surface area contributed by atoms with E-state index in [0.29, 0.717) is 17.8 Å². The molecule has 0 fully saturated rings. The van der Waals surface area contributed by atoms with Gasteiger partial charge in [0.1, 0.15) is 0 Å². The van der Waals surface area contributed by atoms with Crippen LogP contribution in [0.4, 0.5) is 11.4 Å². The highest BCUT2D eigenvalue weighted by molar-refractivity contribution is 7.09. The van der Waals surface area contributed by atoms with Crippen molar-refractivity contribution < 1.29 is 9.59 Å². The summed E-state index contributed by atoms with van der Waals surface area (Å²) in [5, 5.41) is 7.77. The molecule has 0 atom stereocenters. The van der Waals surface area contributed by atoms with E-state index in [2.05, 4.69) is 10.6 Å². The molecule has 5 nitrogen and oxygen atoms in total. The van der Waals surface area contributed by atoms with Crippen molar-refractivity contribution in [2.45, 2.75) is 13.5 Å². The monoisotopic (exact) mass is 393 g/mol. The first-order valence-corrected chi connectivity index (χ1v) is 9.87. The number of thiophene rings is 1. The molecule has 2 N–H and O–H groups in total. The van der Waals surface area contributed by atoms with Gasteiger partial charge in [0.15, 0.2) is 0 Å². The lowest BCUT2D eigenvalue weighted by atomic mass is 10.1. The van der Waals surface area contributed by atoms with E-state index in [1.807, 2.05) is 60.6 Å². The van der Waals surface area contributed by atoms with Crippen LogP contribution in [0, 0.1) is 6.92 Å². The normalized spacial score (nSPS) is 10.7. The molecule has 2 aromatic carbocycles. The van der Waals surface area contributed by atoms with Crippen molar-refractivity contribution in [2.24, 2.45) is 0 Å². The zero-order valence-corrected chi connectivity index (χ0v) is 16.8. The maximum atomic E-state index is 12.7. The first kappa shape index (κ1) is 19.8. The molecule has 2 amide bonds. The molecule has 0 saturated heterocycles. The third-order valence-electron chi connectivity index (χ3n) is 4.14. The number of anilines is 2. The Balaban J connectivity index is 1.64. The summed E-state index contributed by atoms with van der Waals surface area (Å²) in [6.45, 7) is 2.92. The van der Waals surface area contributed by atoms with E-state index in [0.717, 1.165) is 11.3 Å². The Labute approximate surface area is 169 Å². The number of aryl methyl sites for hydroxylation is 1. The first-order valence-electron chi connectivity index (χ1n) is 8.99. The molecule has 144 valence electrons. The van der Waals surface area contributed by atoms with Crippen molar-refractivity contribution >= 4 is 34.5 Å². The Morgan fingerprint density at radius 1 is 1.00 bits per heavy atom. The average Bonchev–Trinajstić information content (AvgIpc) is 3.14. The zero-order chi connectivity index (χ0) is 19.9. The smallest absolute Gasteiger partial charge is 0.257 e. The Kier molecular flexibility index (Phi) is 6.57. The van der Waals surface area contributed by atoms with Crippen molar-refractivity contribution in [2.75, 3.05) is 24.2 Å². The number of benzene rings is 2. The lowest BCUT2D eigenvalue weighted by Gasteiger charge is -2.16. The van der Waals surface area contributed by atoms with Gasteiger partial charge >= 0.3 is 0 Å². The number of hydrogen-bond acceptors (Lipinski definition) is 4. The molecule has 3 aromatic rings. The van der Waals surface area contributed by atoms with Crippen molar-refractivity contribution in [3.8, 4) is 0 Å². The Morgan fingerprint density at radius 3 is 2.57 bits per heavy atom. The maximum absolute atomic E-state index is 12.7.